The normalized spacial score (nSPS) is 19.0. The van der Waals surface area contributed by atoms with Crippen LogP contribution in [0.5, 0.6) is 5.75 Å². The number of ether oxygens (including phenoxy) is 1. The summed E-state index contributed by atoms with van der Waals surface area (Å²) in [5.41, 5.74) is 1.00. The Balaban J connectivity index is 0.00000243. The molecular weight excluding hydrogens is 440 g/mol. The second kappa shape index (κ2) is 8.71. The summed E-state index contributed by atoms with van der Waals surface area (Å²) in [6, 6.07) is 14.5. The second-order valence-corrected chi connectivity index (χ2v) is 8.85. The SMILES string of the molecule is COc1ccc(S(=O)(=O)N2CCN(C)CC2c2ccccc2)cc1Br.Cl. The molecule has 2 aromatic carbocycles. The van der Waals surface area contributed by atoms with Gasteiger partial charge in [0.2, 0.25) is 10.0 Å². The molecule has 8 heteroatoms. The Morgan fingerprint density at radius 1 is 1.12 bits per heavy atom. The molecule has 0 aromatic heterocycles. The van der Waals surface area contributed by atoms with E-state index in [0.29, 0.717) is 29.9 Å². The van der Waals surface area contributed by atoms with Crippen LogP contribution >= 0.6 is 28.3 Å². The largest absolute Gasteiger partial charge is 0.496 e. The lowest BCUT2D eigenvalue weighted by atomic mass is 10.1. The summed E-state index contributed by atoms with van der Waals surface area (Å²) >= 11 is 3.38. The van der Waals surface area contributed by atoms with Gasteiger partial charge in [-0.2, -0.15) is 4.31 Å². The molecule has 2 aromatic rings. The summed E-state index contributed by atoms with van der Waals surface area (Å²) < 4.78 is 34.0. The fourth-order valence-corrected chi connectivity index (χ4v) is 5.40. The van der Waals surface area contributed by atoms with Crippen molar-refractivity contribution < 1.29 is 13.2 Å². The van der Waals surface area contributed by atoms with E-state index >= 15 is 0 Å². The second-order valence-electron chi connectivity index (χ2n) is 6.10. The highest BCUT2D eigenvalue weighted by molar-refractivity contribution is 9.10. The van der Waals surface area contributed by atoms with Gasteiger partial charge in [-0.1, -0.05) is 30.3 Å². The van der Waals surface area contributed by atoms with E-state index in [1.165, 1.54) is 0 Å². The molecule has 26 heavy (non-hydrogen) atoms. The number of methoxy groups -OCH3 is 1. The minimum atomic E-state index is -3.61. The van der Waals surface area contributed by atoms with E-state index < -0.39 is 10.0 Å². The first-order valence-electron chi connectivity index (χ1n) is 8.02. The van der Waals surface area contributed by atoms with Crippen molar-refractivity contribution in [1.29, 1.82) is 0 Å². The molecule has 1 heterocycles. The molecule has 1 saturated heterocycles. The van der Waals surface area contributed by atoms with Crippen LogP contribution in [0.4, 0.5) is 0 Å². The number of rotatable bonds is 4. The summed E-state index contributed by atoms with van der Waals surface area (Å²) in [4.78, 5) is 2.43. The van der Waals surface area contributed by atoms with E-state index in [0.717, 1.165) is 5.56 Å². The molecule has 1 unspecified atom stereocenters. The molecule has 0 N–H and O–H groups in total. The number of benzene rings is 2. The Morgan fingerprint density at radius 2 is 1.81 bits per heavy atom. The van der Waals surface area contributed by atoms with Gasteiger partial charge in [0.25, 0.3) is 0 Å². The van der Waals surface area contributed by atoms with Crippen molar-refractivity contribution in [3.63, 3.8) is 0 Å². The van der Waals surface area contributed by atoms with Gasteiger partial charge in [0.05, 0.1) is 22.5 Å². The maximum absolute atomic E-state index is 13.3. The number of piperazine rings is 1. The average Bonchev–Trinajstić information content (AvgIpc) is 2.62. The van der Waals surface area contributed by atoms with Crippen LogP contribution in [0.25, 0.3) is 0 Å². The Morgan fingerprint density at radius 3 is 2.42 bits per heavy atom. The highest BCUT2D eigenvalue weighted by Crippen LogP contribution is 2.33. The predicted octanol–water partition coefficient (Wildman–Crippen LogP) is 3.56. The molecule has 0 bridgehead atoms. The van der Waals surface area contributed by atoms with Crippen molar-refractivity contribution in [2.75, 3.05) is 33.8 Å². The van der Waals surface area contributed by atoms with Crippen LogP contribution in [-0.2, 0) is 10.0 Å². The lowest BCUT2D eigenvalue weighted by molar-refractivity contribution is 0.160. The van der Waals surface area contributed by atoms with Crippen LogP contribution in [0, 0.1) is 0 Å². The highest BCUT2D eigenvalue weighted by Gasteiger charge is 2.36. The van der Waals surface area contributed by atoms with E-state index in [-0.39, 0.29) is 23.3 Å². The van der Waals surface area contributed by atoms with Crippen molar-refractivity contribution >= 4 is 38.4 Å². The van der Waals surface area contributed by atoms with Gasteiger partial charge in [0.1, 0.15) is 5.75 Å². The van der Waals surface area contributed by atoms with Crippen molar-refractivity contribution in [3.8, 4) is 5.75 Å². The first-order valence-corrected chi connectivity index (χ1v) is 10.3. The van der Waals surface area contributed by atoms with E-state index in [9.17, 15) is 8.42 Å². The Hall–Kier alpha value is -1.12. The van der Waals surface area contributed by atoms with E-state index in [2.05, 4.69) is 20.8 Å². The van der Waals surface area contributed by atoms with Gasteiger partial charge < -0.3 is 9.64 Å². The van der Waals surface area contributed by atoms with Gasteiger partial charge in [-0.25, -0.2) is 8.42 Å². The van der Waals surface area contributed by atoms with E-state index in [1.807, 2.05) is 37.4 Å². The number of nitrogens with zero attached hydrogens (tertiary/aromatic N) is 2. The van der Waals surface area contributed by atoms with Crippen LogP contribution in [0.1, 0.15) is 11.6 Å². The molecule has 1 aliphatic heterocycles. The summed E-state index contributed by atoms with van der Waals surface area (Å²) in [7, 11) is -0.0357. The maximum atomic E-state index is 13.3. The van der Waals surface area contributed by atoms with Crippen molar-refractivity contribution in [1.82, 2.24) is 9.21 Å². The maximum Gasteiger partial charge on any atom is 0.243 e. The van der Waals surface area contributed by atoms with Crippen molar-refractivity contribution in [3.05, 3.63) is 58.6 Å². The Kier molecular flexibility index (Phi) is 7.10. The molecule has 5 nitrogen and oxygen atoms in total. The monoisotopic (exact) mass is 460 g/mol. The van der Waals surface area contributed by atoms with Gasteiger partial charge in [-0.05, 0) is 46.7 Å². The van der Waals surface area contributed by atoms with Gasteiger partial charge in [-0.3, -0.25) is 0 Å². The quantitative estimate of drug-likeness (QED) is 0.699. The molecule has 1 fully saturated rings. The fourth-order valence-electron chi connectivity index (χ4n) is 3.08. The lowest BCUT2D eigenvalue weighted by Crippen LogP contribution is -2.49. The molecule has 0 amide bonds. The van der Waals surface area contributed by atoms with Crippen LogP contribution < -0.4 is 4.74 Å². The average molecular weight is 462 g/mol. The lowest BCUT2D eigenvalue weighted by Gasteiger charge is -2.39. The molecular formula is C18H22BrClN2O3S. The third-order valence-electron chi connectivity index (χ3n) is 4.45. The van der Waals surface area contributed by atoms with Gasteiger partial charge in [0, 0.05) is 19.6 Å². The smallest absolute Gasteiger partial charge is 0.243 e. The fraction of sp³-hybridized carbons (Fsp3) is 0.333. The molecule has 0 aliphatic carbocycles. The Bertz CT molecular complexity index is 849. The first kappa shape index (κ1) is 21.2. The Labute approximate surface area is 169 Å². The molecule has 1 atom stereocenters. The summed E-state index contributed by atoms with van der Waals surface area (Å²) in [6.45, 7) is 1.84. The van der Waals surface area contributed by atoms with E-state index in [1.54, 1.807) is 29.6 Å². The van der Waals surface area contributed by atoms with Gasteiger partial charge in [0.15, 0.2) is 0 Å². The molecule has 3 rings (SSSR count). The molecule has 1 aliphatic rings. The molecule has 0 spiro atoms. The number of halogens is 2. The van der Waals surface area contributed by atoms with Crippen LogP contribution in [0.3, 0.4) is 0 Å². The zero-order valence-electron chi connectivity index (χ0n) is 14.6. The number of sulfonamides is 1. The number of hydrogen-bond acceptors (Lipinski definition) is 4. The highest BCUT2D eigenvalue weighted by atomic mass is 79.9. The topological polar surface area (TPSA) is 49.9 Å². The third kappa shape index (κ3) is 4.23. The minimum absolute atomic E-state index is 0. The van der Waals surface area contributed by atoms with Crippen molar-refractivity contribution in [2.24, 2.45) is 0 Å². The zero-order valence-corrected chi connectivity index (χ0v) is 17.9. The molecule has 142 valence electrons. The first-order chi connectivity index (χ1) is 11.9. The number of hydrogen-bond donors (Lipinski definition) is 0. The summed E-state index contributed by atoms with van der Waals surface area (Å²) in [6.07, 6.45) is 0. The van der Waals surface area contributed by atoms with Gasteiger partial charge >= 0.3 is 0 Å². The standard InChI is InChI=1S/C18H21BrN2O3S.ClH/c1-20-10-11-21(17(13-20)14-6-4-3-5-7-14)25(22,23)15-8-9-18(24-2)16(19)12-15;/h3-9,12,17H,10-11,13H2,1-2H3;1H. The third-order valence-corrected chi connectivity index (χ3v) is 6.97. The molecule has 0 saturated carbocycles. The van der Waals surface area contributed by atoms with Gasteiger partial charge in [-0.15, -0.1) is 12.4 Å². The minimum Gasteiger partial charge on any atom is -0.496 e. The molecule has 0 radical (unpaired) electrons. The van der Waals surface area contributed by atoms with E-state index in [4.69, 9.17) is 4.74 Å². The number of likely N-dealkylation sites (N-methyl/N-ethyl adjacent to an activating group) is 1. The van der Waals surface area contributed by atoms with Crippen LogP contribution in [0.2, 0.25) is 0 Å². The summed E-state index contributed by atoms with van der Waals surface area (Å²) in [5.74, 6) is 0.608. The van der Waals surface area contributed by atoms with Crippen molar-refractivity contribution in [2.45, 2.75) is 10.9 Å². The summed E-state index contributed by atoms with van der Waals surface area (Å²) in [5, 5.41) is 0. The van der Waals surface area contributed by atoms with Crippen LogP contribution in [0.15, 0.2) is 57.9 Å². The van der Waals surface area contributed by atoms with Crippen LogP contribution in [-0.4, -0.2) is 51.4 Å². The predicted molar refractivity (Wildman–Crippen MR) is 109 cm³/mol. The zero-order chi connectivity index (χ0) is 18.0.